The van der Waals surface area contributed by atoms with Crippen LogP contribution in [0.5, 0.6) is 5.75 Å². The van der Waals surface area contributed by atoms with Gasteiger partial charge in [-0.3, -0.25) is 9.69 Å². The van der Waals surface area contributed by atoms with Crippen LogP contribution in [-0.4, -0.2) is 57.9 Å². The van der Waals surface area contributed by atoms with Crippen molar-refractivity contribution >= 4 is 18.0 Å². The zero-order valence-electron chi connectivity index (χ0n) is 12.4. The van der Waals surface area contributed by atoms with Gasteiger partial charge in [0.2, 0.25) is 0 Å². The molecule has 0 unspecified atom stereocenters. The molecule has 0 saturated carbocycles. The summed E-state index contributed by atoms with van der Waals surface area (Å²) in [6.45, 7) is -0.0926. The number of hydrogen-bond acceptors (Lipinski definition) is 4. The average molecular weight is 323 g/mol. The molecule has 3 atom stereocenters. The number of nitrogens with zero attached hydrogens (tertiary/aromatic N) is 1. The van der Waals surface area contributed by atoms with Crippen LogP contribution in [0.4, 0.5) is 4.79 Å². The van der Waals surface area contributed by atoms with E-state index >= 15 is 0 Å². The number of rotatable bonds is 5. The van der Waals surface area contributed by atoms with Crippen molar-refractivity contribution in [1.82, 2.24) is 4.90 Å². The molecule has 1 heterocycles. The van der Waals surface area contributed by atoms with Crippen LogP contribution in [-0.2, 0) is 9.59 Å². The number of carbonyl (C=O) groups is 3. The Morgan fingerprint density at radius 2 is 1.87 bits per heavy atom. The lowest BCUT2D eigenvalue weighted by atomic mass is 9.82. The van der Waals surface area contributed by atoms with Gasteiger partial charge < -0.3 is 20.1 Å². The highest BCUT2D eigenvalue weighted by atomic mass is 16.5. The summed E-state index contributed by atoms with van der Waals surface area (Å²) in [6.07, 6.45) is -1.83. The first-order valence-electron chi connectivity index (χ1n) is 6.94. The summed E-state index contributed by atoms with van der Waals surface area (Å²) < 4.78 is 5.24. The SMILES string of the molecule is COc1ccccc1[C@H]1CN(C(=O)O)[C@@H](C(=O)O)[C@H]1CC(=O)O. The topological polar surface area (TPSA) is 124 Å². The molecular formula is C15H17NO7. The molecule has 0 radical (unpaired) electrons. The van der Waals surface area contributed by atoms with Crippen LogP contribution in [0.1, 0.15) is 17.9 Å². The maximum Gasteiger partial charge on any atom is 0.408 e. The summed E-state index contributed by atoms with van der Waals surface area (Å²) in [5.41, 5.74) is 0.608. The van der Waals surface area contributed by atoms with Gasteiger partial charge in [-0.15, -0.1) is 0 Å². The Hall–Kier alpha value is -2.77. The van der Waals surface area contributed by atoms with Gasteiger partial charge in [0, 0.05) is 18.4 Å². The van der Waals surface area contributed by atoms with Gasteiger partial charge in [0.15, 0.2) is 0 Å². The predicted molar refractivity (Wildman–Crippen MR) is 77.6 cm³/mol. The minimum Gasteiger partial charge on any atom is -0.496 e. The van der Waals surface area contributed by atoms with Crippen molar-refractivity contribution in [3.8, 4) is 5.75 Å². The molecule has 0 aliphatic carbocycles. The predicted octanol–water partition coefficient (Wildman–Crippen LogP) is 1.32. The van der Waals surface area contributed by atoms with Gasteiger partial charge in [-0.05, 0) is 11.6 Å². The summed E-state index contributed by atoms with van der Waals surface area (Å²) in [4.78, 5) is 34.8. The van der Waals surface area contributed by atoms with Gasteiger partial charge in [0.05, 0.1) is 13.5 Å². The van der Waals surface area contributed by atoms with Gasteiger partial charge in [0.25, 0.3) is 0 Å². The molecule has 1 aliphatic heterocycles. The van der Waals surface area contributed by atoms with Crippen LogP contribution in [0.3, 0.4) is 0 Å². The monoisotopic (exact) mass is 323 g/mol. The van der Waals surface area contributed by atoms with E-state index in [-0.39, 0.29) is 6.54 Å². The lowest BCUT2D eigenvalue weighted by molar-refractivity contribution is -0.144. The van der Waals surface area contributed by atoms with Gasteiger partial charge in [-0.1, -0.05) is 18.2 Å². The number of para-hydroxylation sites is 1. The molecule has 23 heavy (non-hydrogen) atoms. The standard InChI is InChI=1S/C15H17NO7/c1-23-11-5-3-2-4-8(11)10-7-16(15(21)22)13(14(19)20)9(10)6-12(17)18/h2-5,9-10,13H,6-7H2,1H3,(H,17,18)(H,19,20)(H,21,22)/t9-,10+,13+/m0/s1. The molecule has 8 heteroatoms. The molecule has 3 N–H and O–H groups in total. The second-order valence-electron chi connectivity index (χ2n) is 5.33. The van der Waals surface area contributed by atoms with Crippen LogP contribution < -0.4 is 4.74 Å². The summed E-state index contributed by atoms with van der Waals surface area (Å²) in [6, 6.07) is 5.41. The Morgan fingerprint density at radius 3 is 2.39 bits per heavy atom. The van der Waals surface area contributed by atoms with Crippen LogP contribution in [0.15, 0.2) is 24.3 Å². The Labute approximate surface area is 131 Å². The highest BCUT2D eigenvalue weighted by Crippen LogP contribution is 2.42. The fourth-order valence-corrected chi connectivity index (χ4v) is 3.18. The Bertz CT molecular complexity index is 630. The third-order valence-corrected chi connectivity index (χ3v) is 4.10. The highest BCUT2D eigenvalue weighted by Gasteiger charge is 2.49. The normalized spacial score (nSPS) is 23.5. The smallest absolute Gasteiger partial charge is 0.408 e. The molecule has 1 amide bonds. The van der Waals surface area contributed by atoms with Gasteiger partial charge in [0.1, 0.15) is 11.8 Å². The molecule has 0 aromatic heterocycles. The zero-order valence-corrected chi connectivity index (χ0v) is 12.4. The second-order valence-corrected chi connectivity index (χ2v) is 5.33. The van der Waals surface area contributed by atoms with Crippen molar-refractivity contribution < 1.29 is 34.4 Å². The largest absolute Gasteiger partial charge is 0.496 e. The van der Waals surface area contributed by atoms with E-state index in [4.69, 9.17) is 9.84 Å². The van der Waals surface area contributed by atoms with Crippen LogP contribution >= 0.6 is 0 Å². The fourth-order valence-electron chi connectivity index (χ4n) is 3.18. The first-order valence-corrected chi connectivity index (χ1v) is 6.94. The molecule has 1 saturated heterocycles. The maximum atomic E-state index is 11.5. The molecule has 0 bridgehead atoms. The molecule has 1 aromatic rings. The third kappa shape index (κ3) is 3.20. The summed E-state index contributed by atoms with van der Waals surface area (Å²) in [5, 5.41) is 27.7. The molecule has 1 aliphatic rings. The minimum atomic E-state index is -1.40. The van der Waals surface area contributed by atoms with Crippen molar-refractivity contribution in [3.63, 3.8) is 0 Å². The number of aliphatic carboxylic acids is 2. The van der Waals surface area contributed by atoms with Gasteiger partial charge >= 0.3 is 18.0 Å². The van der Waals surface area contributed by atoms with Crippen LogP contribution in [0, 0.1) is 5.92 Å². The number of carboxylic acid groups (broad SMARTS) is 3. The molecule has 2 rings (SSSR count). The molecule has 1 fully saturated rings. The van der Waals surface area contributed by atoms with Crippen molar-refractivity contribution in [3.05, 3.63) is 29.8 Å². The number of amides is 1. The van der Waals surface area contributed by atoms with E-state index in [1.807, 2.05) is 0 Å². The maximum absolute atomic E-state index is 11.5. The molecule has 0 spiro atoms. The van der Waals surface area contributed by atoms with Gasteiger partial charge in [-0.2, -0.15) is 0 Å². The van der Waals surface area contributed by atoms with E-state index in [1.165, 1.54) is 7.11 Å². The Balaban J connectivity index is 2.49. The van der Waals surface area contributed by atoms with Crippen molar-refractivity contribution in [1.29, 1.82) is 0 Å². The first-order chi connectivity index (χ1) is 10.9. The summed E-state index contributed by atoms with van der Waals surface area (Å²) >= 11 is 0. The highest BCUT2D eigenvalue weighted by molar-refractivity contribution is 5.82. The minimum absolute atomic E-state index is 0.0926. The van der Waals surface area contributed by atoms with E-state index in [9.17, 15) is 24.6 Å². The molecular weight excluding hydrogens is 306 g/mol. The number of hydrogen-bond donors (Lipinski definition) is 3. The van der Waals surface area contributed by atoms with E-state index in [2.05, 4.69) is 0 Å². The number of ether oxygens (including phenoxy) is 1. The zero-order chi connectivity index (χ0) is 17.1. The molecule has 1 aromatic carbocycles. The second kappa shape index (κ2) is 6.55. The van der Waals surface area contributed by atoms with Crippen LogP contribution in [0.25, 0.3) is 0 Å². The first kappa shape index (κ1) is 16.6. The van der Waals surface area contributed by atoms with Gasteiger partial charge in [-0.25, -0.2) is 9.59 Å². The lowest BCUT2D eigenvalue weighted by Crippen LogP contribution is -2.43. The Morgan fingerprint density at radius 1 is 1.22 bits per heavy atom. The third-order valence-electron chi connectivity index (χ3n) is 4.10. The van der Waals surface area contributed by atoms with E-state index in [1.54, 1.807) is 24.3 Å². The quantitative estimate of drug-likeness (QED) is 0.746. The summed E-state index contributed by atoms with van der Waals surface area (Å²) in [7, 11) is 1.45. The van der Waals surface area contributed by atoms with E-state index in [0.717, 1.165) is 4.90 Å². The molecule has 8 nitrogen and oxygen atoms in total. The van der Waals surface area contributed by atoms with E-state index < -0.39 is 42.3 Å². The van der Waals surface area contributed by atoms with Crippen LogP contribution in [0.2, 0.25) is 0 Å². The fraction of sp³-hybridized carbons (Fsp3) is 0.400. The number of methoxy groups -OCH3 is 1. The average Bonchev–Trinajstić information content (AvgIpc) is 2.86. The van der Waals surface area contributed by atoms with Crippen molar-refractivity contribution in [2.24, 2.45) is 5.92 Å². The molecule has 124 valence electrons. The lowest BCUT2D eigenvalue weighted by Gasteiger charge is -2.22. The van der Waals surface area contributed by atoms with E-state index in [0.29, 0.717) is 11.3 Å². The number of carboxylic acids is 2. The van der Waals surface area contributed by atoms with Crippen molar-refractivity contribution in [2.75, 3.05) is 13.7 Å². The van der Waals surface area contributed by atoms with Crippen molar-refractivity contribution in [2.45, 2.75) is 18.4 Å². The Kier molecular flexibility index (Phi) is 4.73. The summed E-state index contributed by atoms with van der Waals surface area (Å²) in [5.74, 6) is -3.49. The number of benzene rings is 1. The number of likely N-dealkylation sites (tertiary alicyclic amines) is 1.